The Kier molecular flexibility index (Phi) is 3.80. The Morgan fingerprint density at radius 1 is 1.25 bits per heavy atom. The van der Waals surface area contributed by atoms with Gasteiger partial charge >= 0.3 is 51.4 Å². The van der Waals surface area contributed by atoms with Gasteiger partial charge in [-0.05, 0) is 11.6 Å². The van der Waals surface area contributed by atoms with E-state index in [1.165, 1.54) is 0 Å². The molecular weight excluding hydrogens is 177 g/mol. The molecular formula is C9H8KNO. The van der Waals surface area contributed by atoms with Crippen molar-refractivity contribution in [2.24, 2.45) is 0 Å². The van der Waals surface area contributed by atoms with Crippen LogP contribution in [0.3, 0.4) is 0 Å². The molecule has 1 aromatic rings. The molecule has 1 heterocycles. The predicted octanol–water partition coefficient (Wildman–Crippen LogP) is -2.18. The van der Waals surface area contributed by atoms with E-state index in [9.17, 15) is 5.11 Å². The van der Waals surface area contributed by atoms with E-state index in [1.807, 2.05) is 24.3 Å². The quantitative estimate of drug-likeness (QED) is 0.466. The molecule has 1 N–H and O–H groups in total. The molecule has 2 nitrogen and oxygen atoms in total. The van der Waals surface area contributed by atoms with E-state index in [0.717, 1.165) is 11.3 Å². The summed E-state index contributed by atoms with van der Waals surface area (Å²) in [5.74, 6) is 0.124. The number of anilines is 1. The molecule has 0 spiro atoms. The minimum atomic E-state index is 0. The molecule has 1 aromatic carbocycles. The fourth-order valence-corrected chi connectivity index (χ4v) is 1.22. The fourth-order valence-electron chi connectivity index (χ4n) is 1.22. The molecule has 12 heavy (non-hydrogen) atoms. The summed E-state index contributed by atoms with van der Waals surface area (Å²) in [5, 5.41) is 14.3. The van der Waals surface area contributed by atoms with Crippen LogP contribution in [0.2, 0.25) is 0 Å². The third-order valence-electron chi connectivity index (χ3n) is 1.77. The van der Waals surface area contributed by atoms with Crippen LogP contribution in [0.1, 0.15) is 5.56 Å². The average molecular weight is 185 g/mol. The van der Waals surface area contributed by atoms with Crippen molar-refractivity contribution in [2.45, 2.75) is 0 Å². The van der Waals surface area contributed by atoms with Gasteiger partial charge in [-0.25, -0.2) is 0 Å². The van der Waals surface area contributed by atoms with E-state index in [2.05, 4.69) is 5.32 Å². The first-order chi connectivity index (χ1) is 5.38. The first kappa shape index (κ1) is 10.3. The first-order valence-electron chi connectivity index (χ1n) is 3.58. The number of nitrogens with one attached hydrogen (secondary N) is 1. The summed E-state index contributed by atoms with van der Waals surface area (Å²) in [6, 6.07) is 7.54. The zero-order chi connectivity index (χ0) is 7.68. The molecule has 3 heteroatoms. The topological polar surface area (TPSA) is 35.1 Å². The molecule has 0 radical (unpaired) electrons. The minimum absolute atomic E-state index is 0. The Labute approximate surface area is 114 Å². The summed E-state index contributed by atoms with van der Waals surface area (Å²) < 4.78 is 0. The van der Waals surface area contributed by atoms with Crippen molar-refractivity contribution >= 4 is 11.4 Å². The summed E-state index contributed by atoms with van der Waals surface area (Å²) in [6.45, 7) is 0.649. The maximum atomic E-state index is 11.2. The number of hydrogen-bond acceptors (Lipinski definition) is 2. The van der Waals surface area contributed by atoms with E-state index < -0.39 is 0 Å². The van der Waals surface area contributed by atoms with Crippen molar-refractivity contribution in [1.82, 2.24) is 0 Å². The predicted molar refractivity (Wildman–Crippen MR) is 42.9 cm³/mol. The summed E-state index contributed by atoms with van der Waals surface area (Å²) in [6.07, 6.45) is 1.66. The SMILES string of the molecule is [K+].[O-]C1=CCNc2ccccc21. The van der Waals surface area contributed by atoms with Crippen molar-refractivity contribution < 1.29 is 56.5 Å². The van der Waals surface area contributed by atoms with E-state index >= 15 is 0 Å². The van der Waals surface area contributed by atoms with Crippen molar-refractivity contribution in [3.8, 4) is 0 Å². The van der Waals surface area contributed by atoms with Gasteiger partial charge in [-0.1, -0.05) is 24.3 Å². The first-order valence-corrected chi connectivity index (χ1v) is 3.58. The van der Waals surface area contributed by atoms with Crippen LogP contribution >= 0.6 is 0 Å². The summed E-state index contributed by atoms with van der Waals surface area (Å²) in [5.41, 5.74) is 1.72. The van der Waals surface area contributed by atoms with Gasteiger partial charge in [-0.15, -0.1) is 5.76 Å². The molecule has 0 saturated carbocycles. The minimum Gasteiger partial charge on any atom is -0.872 e. The third kappa shape index (κ3) is 1.92. The monoisotopic (exact) mass is 185 g/mol. The maximum Gasteiger partial charge on any atom is 1.00 e. The number of benzene rings is 1. The van der Waals surface area contributed by atoms with Crippen molar-refractivity contribution in [2.75, 3.05) is 11.9 Å². The van der Waals surface area contributed by atoms with Crippen LogP contribution < -0.4 is 61.8 Å². The Balaban J connectivity index is 0.000000720. The second-order valence-electron chi connectivity index (χ2n) is 2.49. The van der Waals surface area contributed by atoms with Gasteiger partial charge in [-0.3, -0.25) is 0 Å². The second kappa shape index (κ2) is 4.44. The average Bonchev–Trinajstić information content (AvgIpc) is 2.06. The molecule has 2 rings (SSSR count). The molecule has 56 valence electrons. The smallest absolute Gasteiger partial charge is 0.872 e. The van der Waals surface area contributed by atoms with Gasteiger partial charge in [0.25, 0.3) is 0 Å². The Hall–Kier alpha value is 0.196. The standard InChI is InChI=1S/C9H9NO.K/c11-9-5-6-10-8-4-2-1-3-7(8)9;/h1-5,10-11H,6H2;/q;+1/p-1. The molecule has 1 aliphatic rings. The van der Waals surface area contributed by atoms with Gasteiger partial charge in [0.05, 0.1) is 0 Å². The van der Waals surface area contributed by atoms with Crippen LogP contribution in [-0.4, -0.2) is 6.54 Å². The van der Waals surface area contributed by atoms with Crippen molar-refractivity contribution in [3.63, 3.8) is 0 Å². The largest absolute Gasteiger partial charge is 1.00 e. The van der Waals surface area contributed by atoms with Crippen molar-refractivity contribution in [3.05, 3.63) is 35.9 Å². The molecule has 0 aromatic heterocycles. The van der Waals surface area contributed by atoms with Gasteiger partial charge in [0.2, 0.25) is 0 Å². The zero-order valence-electron chi connectivity index (χ0n) is 7.00. The Morgan fingerprint density at radius 3 is 2.75 bits per heavy atom. The van der Waals surface area contributed by atoms with Crippen LogP contribution in [0.15, 0.2) is 30.3 Å². The molecule has 0 saturated heterocycles. The van der Waals surface area contributed by atoms with E-state index in [4.69, 9.17) is 0 Å². The van der Waals surface area contributed by atoms with Gasteiger partial charge in [0.15, 0.2) is 0 Å². The zero-order valence-corrected chi connectivity index (χ0v) is 10.1. The van der Waals surface area contributed by atoms with Gasteiger partial charge in [-0.2, -0.15) is 0 Å². The van der Waals surface area contributed by atoms with Gasteiger partial charge < -0.3 is 10.4 Å². The van der Waals surface area contributed by atoms with Gasteiger partial charge in [0, 0.05) is 12.2 Å². The van der Waals surface area contributed by atoms with Crippen LogP contribution in [0, 0.1) is 0 Å². The van der Waals surface area contributed by atoms with Crippen molar-refractivity contribution in [1.29, 1.82) is 0 Å². The Bertz CT molecular complexity index is 309. The number of para-hydroxylation sites is 1. The fraction of sp³-hybridized carbons (Fsp3) is 0.111. The van der Waals surface area contributed by atoms with E-state index in [1.54, 1.807) is 6.08 Å². The maximum absolute atomic E-state index is 11.2. The molecule has 0 amide bonds. The molecule has 0 fully saturated rings. The molecule has 1 aliphatic heterocycles. The molecule has 0 bridgehead atoms. The normalized spacial score (nSPS) is 13.5. The second-order valence-corrected chi connectivity index (χ2v) is 2.49. The number of rotatable bonds is 0. The van der Waals surface area contributed by atoms with E-state index in [0.29, 0.717) is 6.54 Å². The summed E-state index contributed by atoms with van der Waals surface area (Å²) in [4.78, 5) is 0. The van der Waals surface area contributed by atoms with E-state index in [-0.39, 0.29) is 57.1 Å². The summed E-state index contributed by atoms with van der Waals surface area (Å²) in [7, 11) is 0. The third-order valence-corrected chi connectivity index (χ3v) is 1.77. The van der Waals surface area contributed by atoms with Gasteiger partial charge in [0.1, 0.15) is 0 Å². The number of hydrogen-bond donors (Lipinski definition) is 1. The Morgan fingerprint density at radius 2 is 2.00 bits per heavy atom. The molecule has 0 aliphatic carbocycles. The van der Waals surface area contributed by atoms with Crippen LogP contribution in [0.5, 0.6) is 0 Å². The molecule has 0 unspecified atom stereocenters. The van der Waals surface area contributed by atoms with Crippen LogP contribution in [-0.2, 0) is 0 Å². The molecule has 0 atom stereocenters. The summed E-state index contributed by atoms with van der Waals surface area (Å²) >= 11 is 0. The van der Waals surface area contributed by atoms with Crippen LogP contribution in [0.4, 0.5) is 5.69 Å². The number of fused-ring (bicyclic) bond motifs is 1. The van der Waals surface area contributed by atoms with Crippen LogP contribution in [0.25, 0.3) is 5.76 Å².